The highest BCUT2D eigenvalue weighted by Gasteiger charge is 2.24. The van der Waals surface area contributed by atoms with E-state index in [-0.39, 0.29) is 17.8 Å². The minimum Gasteiger partial charge on any atom is -0.379 e. The third-order valence-corrected chi connectivity index (χ3v) is 6.52. The summed E-state index contributed by atoms with van der Waals surface area (Å²) < 4.78 is 18.9. The molecular weight excluding hydrogens is 449 g/mol. The molecule has 0 bridgehead atoms. The molecule has 1 N–H and O–H groups in total. The van der Waals surface area contributed by atoms with Gasteiger partial charge in [0.15, 0.2) is 0 Å². The number of ether oxygens (including phenoxy) is 1. The molecule has 1 aliphatic heterocycles. The normalized spacial score (nSPS) is 15.3. The van der Waals surface area contributed by atoms with Crippen LogP contribution >= 0.6 is 23.4 Å². The highest BCUT2D eigenvalue weighted by atomic mass is 35.5. The first-order chi connectivity index (χ1) is 15.6. The molecule has 2 heterocycles. The summed E-state index contributed by atoms with van der Waals surface area (Å²) >= 11 is 7.38. The number of aromatic nitrogens is 1. The Morgan fingerprint density at radius 3 is 2.56 bits per heavy atom. The number of hydrogen-bond donors (Lipinski definition) is 1. The van der Waals surface area contributed by atoms with Crippen molar-refractivity contribution in [1.29, 1.82) is 0 Å². The topological polar surface area (TPSA) is 54.5 Å². The molecule has 1 aromatic heterocycles. The summed E-state index contributed by atoms with van der Waals surface area (Å²) in [6, 6.07) is 17.3. The van der Waals surface area contributed by atoms with Crippen LogP contribution in [0, 0.1) is 5.82 Å². The van der Waals surface area contributed by atoms with E-state index in [0.29, 0.717) is 35.4 Å². The molecule has 0 saturated carbocycles. The summed E-state index contributed by atoms with van der Waals surface area (Å²) in [5, 5.41) is 4.33. The van der Waals surface area contributed by atoms with Crippen LogP contribution in [-0.2, 0) is 4.74 Å². The number of rotatable bonds is 7. The lowest BCUT2D eigenvalue weighted by atomic mass is 10.0. The minimum atomic E-state index is -0.280. The minimum absolute atomic E-state index is 0.0764. The van der Waals surface area contributed by atoms with Gasteiger partial charge in [-0.15, -0.1) is 0 Å². The monoisotopic (exact) mass is 471 g/mol. The van der Waals surface area contributed by atoms with Crippen LogP contribution in [0.3, 0.4) is 0 Å². The van der Waals surface area contributed by atoms with Gasteiger partial charge in [-0.05, 0) is 54.1 Å². The first kappa shape index (κ1) is 22.7. The lowest BCUT2D eigenvalue weighted by molar-refractivity contribution is 0.0162. The van der Waals surface area contributed by atoms with Gasteiger partial charge in [0, 0.05) is 35.7 Å². The summed E-state index contributed by atoms with van der Waals surface area (Å²) in [7, 11) is 0. The molecule has 32 heavy (non-hydrogen) atoms. The Balaban J connectivity index is 1.49. The standard InChI is InChI=1S/C24H23ClFN3O2S/c25-18-5-9-20(10-6-18)32-24-21(2-1-11-27-24)23(30)28-16-22(29-12-14-31-15-13-29)17-3-7-19(26)8-4-17/h1-11,22H,12-16H2,(H,28,30)/t22-/m0/s1. The predicted octanol–water partition coefficient (Wildman–Crippen LogP) is 4.83. The number of pyridine rings is 1. The number of carbonyl (C=O) groups is 1. The first-order valence-corrected chi connectivity index (χ1v) is 11.5. The second kappa shape index (κ2) is 10.9. The Bertz CT molecular complexity index is 1040. The molecule has 5 nitrogen and oxygen atoms in total. The van der Waals surface area contributed by atoms with Crippen molar-refractivity contribution >= 4 is 29.3 Å². The summed E-state index contributed by atoms with van der Waals surface area (Å²) in [4.78, 5) is 20.7. The Morgan fingerprint density at radius 2 is 1.84 bits per heavy atom. The maximum Gasteiger partial charge on any atom is 0.254 e. The molecule has 3 aromatic rings. The Morgan fingerprint density at radius 1 is 1.12 bits per heavy atom. The van der Waals surface area contributed by atoms with Gasteiger partial charge < -0.3 is 10.1 Å². The number of halogens is 2. The van der Waals surface area contributed by atoms with Crippen LogP contribution in [0.4, 0.5) is 4.39 Å². The van der Waals surface area contributed by atoms with E-state index in [1.165, 1.54) is 23.9 Å². The Kier molecular flexibility index (Phi) is 7.76. The van der Waals surface area contributed by atoms with Gasteiger partial charge in [-0.2, -0.15) is 0 Å². The van der Waals surface area contributed by atoms with Crippen LogP contribution in [0.25, 0.3) is 0 Å². The molecule has 0 aliphatic carbocycles. The van der Waals surface area contributed by atoms with Gasteiger partial charge in [-0.1, -0.05) is 35.5 Å². The number of nitrogens with one attached hydrogen (secondary N) is 1. The fraction of sp³-hybridized carbons (Fsp3) is 0.250. The molecule has 1 aliphatic rings. The number of benzene rings is 2. The fourth-order valence-corrected chi connectivity index (χ4v) is 4.58. The fourth-order valence-electron chi connectivity index (χ4n) is 3.58. The number of nitrogens with zero attached hydrogens (tertiary/aromatic N) is 2. The largest absolute Gasteiger partial charge is 0.379 e. The van der Waals surface area contributed by atoms with E-state index in [2.05, 4.69) is 15.2 Å². The third kappa shape index (κ3) is 5.86. The Hall–Kier alpha value is -2.45. The van der Waals surface area contributed by atoms with E-state index in [1.54, 1.807) is 30.5 Å². The maximum atomic E-state index is 13.5. The van der Waals surface area contributed by atoms with E-state index in [4.69, 9.17) is 16.3 Å². The predicted molar refractivity (Wildman–Crippen MR) is 124 cm³/mol. The lowest BCUT2D eigenvalue weighted by Crippen LogP contribution is -2.43. The van der Waals surface area contributed by atoms with Crippen LogP contribution in [0.5, 0.6) is 0 Å². The van der Waals surface area contributed by atoms with E-state index < -0.39 is 0 Å². The number of carbonyl (C=O) groups excluding carboxylic acids is 1. The van der Waals surface area contributed by atoms with Crippen molar-refractivity contribution in [3.05, 3.63) is 88.8 Å². The van der Waals surface area contributed by atoms with E-state index in [9.17, 15) is 9.18 Å². The molecule has 1 atom stereocenters. The summed E-state index contributed by atoms with van der Waals surface area (Å²) in [5.74, 6) is -0.479. The molecule has 0 spiro atoms. The second-order valence-electron chi connectivity index (χ2n) is 7.34. The van der Waals surface area contributed by atoms with Crippen molar-refractivity contribution in [2.24, 2.45) is 0 Å². The molecule has 4 rings (SSSR count). The third-order valence-electron chi connectivity index (χ3n) is 5.24. The molecule has 1 amide bonds. The second-order valence-corrected chi connectivity index (χ2v) is 8.84. The molecule has 0 unspecified atom stereocenters. The maximum absolute atomic E-state index is 13.5. The SMILES string of the molecule is O=C(NC[C@@H](c1ccc(F)cc1)N1CCOCC1)c1cccnc1Sc1ccc(Cl)cc1. The van der Waals surface area contributed by atoms with Crippen LogP contribution in [0.15, 0.2) is 76.8 Å². The molecule has 166 valence electrons. The number of hydrogen-bond acceptors (Lipinski definition) is 5. The number of morpholine rings is 1. The number of amides is 1. The zero-order valence-electron chi connectivity index (χ0n) is 17.3. The molecule has 0 radical (unpaired) electrons. The average Bonchev–Trinajstić information content (AvgIpc) is 2.83. The quantitative estimate of drug-likeness (QED) is 0.535. The van der Waals surface area contributed by atoms with Crippen molar-refractivity contribution in [1.82, 2.24) is 15.2 Å². The van der Waals surface area contributed by atoms with Crippen LogP contribution in [0.2, 0.25) is 5.02 Å². The Labute approximate surface area is 195 Å². The highest BCUT2D eigenvalue weighted by molar-refractivity contribution is 7.99. The molecular formula is C24H23ClFN3O2S. The van der Waals surface area contributed by atoms with Gasteiger partial charge in [0.2, 0.25) is 0 Å². The van der Waals surface area contributed by atoms with Gasteiger partial charge in [0.25, 0.3) is 5.91 Å². The van der Waals surface area contributed by atoms with Gasteiger partial charge in [-0.3, -0.25) is 9.69 Å². The van der Waals surface area contributed by atoms with E-state index in [1.807, 2.05) is 24.3 Å². The molecule has 1 fully saturated rings. The molecule has 8 heteroatoms. The van der Waals surface area contributed by atoms with Gasteiger partial charge in [0.1, 0.15) is 10.8 Å². The van der Waals surface area contributed by atoms with E-state index in [0.717, 1.165) is 23.5 Å². The zero-order valence-corrected chi connectivity index (χ0v) is 18.9. The first-order valence-electron chi connectivity index (χ1n) is 10.3. The van der Waals surface area contributed by atoms with Crippen molar-refractivity contribution in [3.8, 4) is 0 Å². The zero-order chi connectivity index (χ0) is 22.3. The van der Waals surface area contributed by atoms with Crippen LogP contribution in [0.1, 0.15) is 22.0 Å². The average molecular weight is 472 g/mol. The lowest BCUT2D eigenvalue weighted by Gasteiger charge is -2.35. The van der Waals surface area contributed by atoms with Crippen molar-refractivity contribution in [2.45, 2.75) is 16.0 Å². The molecule has 1 saturated heterocycles. The van der Waals surface area contributed by atoms with Crippen molar-refractivity contribution in [2.75, 3.05) is 32.8 Å². The van der Waals surface area contributed by atoms with Crippen molar-refractivity contribution < 1.29 is 13.9 Å². The van der Waals surface area contributed by atoms with Crippen molar-refractivity contribution in [3.63, 3.8) is 0 Å². The van der Waals surface area contributed by atoms with Crippen LogP contribution in [-0.4, -0.2) is 48.6 Å². The van der Waals surface area contributed by atoms with Gasteiger partial charge in [0.05, 0.1) is 24.8 Å². The summed E-state index contributed by atoms with van der Waals surface area (Å²) in [6.07, 6.45) is 1.67. The van der Waals surface area contributed by atoms with Crippen LogP contribution < -0.4 is 5.32 Å². The van der Waals surface area contributed by atoms with E-state index >= 15 is 0 Å². The van der Waals surface area contributed by atoms with Gasteiger partial charge in [-0.25, -0.2) is 9.37 Å². The smallest absolute Gasteiger partial charge is 0.254 e. The molecule has 2 aromatic carbocycles. The highest BCUT2D eigenvalue weighted by Crippen LogP contribution is 2.30. The summed E-state index contributed by atoms with van der Waals surface area (Å²) in [6.45, 7) is 3.17. The summed E-state index contributed by atoms with van der Waals surface area (Å²) in [5.41, 5.74) is 1.46. The van der Waals surface area contributed by atoms with Gasteiger partial charge >= 0.3 is 0 Å².